The molecule has 2 N–H and O–H groups in total. The Labute approximate surface area is 160 Å². The molecule has 0 atom stereocenters. The van der Waals surface area contributed by atoms with Crippen molar-refractivity contribution in [3.8, 4) is 0 Å². The molecule has 1 aliphatic heterocycles. The Bertz CT molecular complexity index is 391. The van der Waals surface area contributed by atoms with Gasteiger partial charge in [0.1, 0.15) is 0 Å². The molecule has 0 spiro atoms. The number of nitrogens with one attached hydrogen (secondary N) is 2. The highest BCUT2D eigenvalue weighted by Crippen LogP contribution is 2.34. The number of nitrogens with zero attached hydrogens (tertiary/aromatic N) is 2. The Balaban J connectivity index is 1.88. The second kappa shape index (κ2) is 12.5. The number of ether oxygens (including phenoxy) is 2. The van der Waals surface area contributed by atoms with Gasteiger partial charge in [0.15, 0.2) is 5.96 Å². The van der Waals surface area contributed by atoms with Crippen LogP contribution in [0.4, 0.5) is 0 Å². The van der Waals surface area contributed by atoms with E-state index in [1.165, 1.54) is 38.5 Å². The molecular weight excluding hydrogens is 328 g/mol. The van der Waals surface area contributed by atoms with Crippen LogP contribution in [0.2, 0.25) is 0 Å². The number of hydrogen-bond acceptors (Lipinski definition) is 4. The molecule has 26 heavy (non-hydrogen) atoms. The summed E-state index contributed by atoms with van der Waals surface area (Å²) in [5, 5.41) is 6.93. The van der Waals surface area contributed by atoms with Crippen LogP contribution >= 0.6 is 0 Å². The van der Waals surface area contributed by atoms with Crippen molar-refractivity contribution in [1.29, 1.82) is 0 Å². The Kier molecular flexibility index (Phi) is 10.3. The highest BCUT2D eigenvalue weighted by atomic mass is 16.5. The highest BCUT2D eigenvalue weighted by Gasteiger charge is 2.38. The molecule has 2 rings (SSSR count). The fourth-order valence-corrected chi connectivity index (χ4v) is 4.14. The van der Waals surface area contributed by atoms with E-state index in [9.17, 15) is 0 Å². The average molecular weight is 369 g/mol. The van der Waals surface area contributed by atoms with Gasteiger partial charge in [0.05, 0.1) is 19.8 Å². The Hall–Kier alpha value is -0.850. The van der Waals surface area contributed by atoms with Gasteiger partial charge in [-0.1, -0.05) is 19.3 Å². The van der Waals surface area contributed by atoms with Crippen LogP contribution < -0.4 is 10.6 Å². The van der Waals surface area contributed by atoms with Gasteiger partial charge in [-0.05, 0) is 39.0 Å². The van der Waals surface area contributed by atoms with Gasteiger partial charge in [-0.15, -0.1) is 0 Å². The second-order valence-electron chi connectivity index (χ2n) is 7.56. The molecule has 6 nitrogen and oxygen atoms in total. The third-order valence-corrected chi connectivity index (χ3v) is 5.66. The van der Waals surface area contributed by atoms with Gasteiger partial charge in [-0.3, -0.25) is 9.89 Å². The summed E-state index contributed by atoms with van der Waals surface area (Å²) in [6.07, 6.45) is 10.1. The van der Waals surface area contributed by atoms with Gasteiger partial charge in [0.25, 0.3) is 0 Å². The van der Waals surface area contributed by atoms with Crippen LogP contribution in [0, 0.1) is 0 Å². The standard InChI is InChI=1S/C20H40N4O2/c1-3-21-19(22-12-8-5-9-15-25-2)23-18-20(10-6-4-7-11-20)24-13-16-26-17-14-24/h3-18H2,1-2H3,(H2,21,22,23). The number of unbranched alkanes of at least 4 members (excludes halogenated alkanes) is 2. The second-order valence-corrected chi connectivity index (χ2v) is 7.56. The molecule has 152 valence electrons. The number of rotatable bonds is 10. The molecule has 0 amide bonds. The average Bonchev–Trinajstić information content (AvgIpc) is 2.70. The van der Waals surface area contributed by atoms with E-state index < -0.39 is 0 Å². The maximum Gasteiger partial charge on any atom is 0.191 e. The number of methoxy groups -OCH3 is 1. The van der Waals surface area contributed by atoms with Crippen LogP contribution in [-0.4, -0.2) is 76.1 Å². The first-order valence-corrected chi connectivity index (χ1v) is 10.6. The largest absolute Gasteiger partial charge is 0.385 e. The quantitative estimate of drug-likeness (QED) is 0.352. The molecule has 0 aromatic rings. The van der Waals surface area contributed by atoms with E-state index in [0.29, 0.717) is 0 Å². The van der Waals surface area contributed by atoms with Crippen molar-refractivity contribution in [2.45, 2.75) is 63.8 Å². The third kappa shape index (κ3) is 7.05. The molecule has 6 heteroatoms. The van der Waals surface area contributed by atoms with Crippen molar-refractivity contribution in [3.05, 3.63) is 0 Å². The first-order valence-electron chi connectivity index (χ1n) is 10.6. The number of guanidine groups is 1. The van der Waals surface area contributed by atoms with Crippen LogP contribution in [0.15, 0.2) is 4.99 Å². The SMILES string of the molecule is CCNC(=NCC1(N2CCOCC2)CCCCC1)NCCCCCOC. The summed E-state index contributed by atoms with van der Waals surface area (Å²) >= 11 is 0. The minimum Gasteiger partial charge on any atom is -0.385 e. The van der Waals surface area contributed by atoms with Crippen LogP contribution in [0.25, 0.3) is 0 Å². The van der Waals surface area contributed by atoms with E-state index in [1.54, 1.807) is 7.11 Å². The molecule has 1 aliphatic carbocycles. The fraction of sp³-hybridized carbons (Fsp3) is 0.950. The van der Waals surface area contributed by atoms with Gasteiger partial charge in [-0.2, -0.15) is 0 Å². The Morgan fingerprint density at radius 3 is 2.54 bits per heavy atom. The van der Waals surface area contributed by atoms with E-state index in [2.05, 4.69) is 22.5 Å². The zero-order valence-corrected chi connectivity index (χ0v) is 17.0. The topological polar surface area (TPSA) is 58.1 Å². The third-order valence-electron chi connectivity index (χ3n) is 5.66. The first kappa shape index (κ1) is 21.5. The zero-order chi connectivity index (χ0) is 18.5. The van der Waals surface area contributed by atoms with E-state index in [0.717, 1.165) is 71.3 Å². The van der Waals surface area contributed by atoms with Gasteiger partial charge >= 0.3 is 0 Å². The van der Waals surface area contributed by atoms with Gasteiger partial charge in [0, 0.05) is 45.4 Å². The van der Waals surface area contributed by atoms with Crippen molar-refractivity contribution in [1.82, 2.24) is 15.5 Å². The highest BCUT2D eigenvalue weighted by molar-refractivity contribution is 5.79. The molecule has 0 unspecified atom stereocenters. The van der Waals surface area contributed by atoms with Crippen LogP contribution in [0.5, 0.6) is 0 Å². The maximum absolute atomic E-state index is 5.58. The fourth-order valence-electron chi connectivity index (χ4n) is 4.14. The smallest absolute Gasteiger partial charge is 0.191 e. The van der Waals surface area contributed by atoms with Crippen LogP contribution in [0.1, 0.15) is 58.3 Å². The Morgan fingerprint density at radius 2 is 1.85 bits per heavy atom. The lowest BCUT2D eigenvalue weighted by molar-refractivity contribution is -0.0333. The minimum atomic E-state index is 0.239. The predicted molar refractivity (Wildman–Crippen MR) is 108 cm³/mol. The first-order chi connectivity index (χ1) is 12.8. The van der Waals surface area contributed by atoms with Crippen LogP contribution in [-0.2, 0) is 9.47 Å². The van der Waals surface area contributed by atoms with E-state index in [-0.39, 0.29) is 5.54 Å². The monoisotopic (exact) mass is 368 g/mol. The number of hydrogen-bond donors (Lipinski definition) is 2. The molecule has 1 saturated heterocycles. The normalized spacial score (nSPS) is 21.5. The number of morpholine rings is 1. The van der Waals surface area contributed by atoms with E-state index in [4.69, 9.17) is 14.5 Å². The van der Waals surface area contributed by atoms with Crippen molar-refractivity contribution >= 4 is 5.96 Å². The van der Waals surface area contributed by atoms with E-state index >= 15 is 0 Å². The van der Waals surface area contributed by atoms with Crippen molar-refractivity contribution < 1.29 is 9.47 Å². The molecule has 1 heterocycles. The minimum absolute atomic E-state index is 0.239. The molecular formula is C20H40N4O2. The summed E-state index contributed by atoms with van der Waals surface area (Å²) in [5.74, 6) is 0.970. The van der Waals surface area contributed by atoms with Gasteiger partial charge in [-0.25, -0.2) is 0 Å². The van der Waals surface area contributed by atoms with Crippen molar-refractivity contribution in [2.24, 2.45) is 4.99 Å². The summed E-state index contributed by atoms with van der Waals surface area (Å²) in [4.78, 5) is 7.67. The maximum atomic E-state index is 5.58. The van der Waals surface area contributed by atoms with Crippen molar-refractivity contribution in [3.63, 3.8) is 0 Å². The summed E-state index contributed by atoms with van der Waals surface area (Å²) < 4.78 is 10.7. The molecule has 2 aliphatic rings. The zero-order valence-electron chi connectivity index (χ0n) is 17.0. The summed E-state index contributed by atoms with van der Waals surface area (Å²) in [6, 6.07) is 0. The number of aliphatic imine (C=N–C) groups is 1. The lowest BCUT2D eigenvalue weighted by Gasteiger charge is -2.47. The predicted octanol–water partition coefficient (Wildman–Crippen LogP) is 2.39. The molecule has 1 saturated carbocycles. The lowest BCUT2D eigenvalue weighted by Crippen LogP contribution is -2.56. The van der Waals surface area contributed by atoms with E-state index in [1.807, 2.05) is 0 Å². The summed E-state index contributed by atoms with van der Waals surface area (Å²) in [5.41, 5.74) is 0.239. The molecule has 2 fully saturated rings. The summed E-state index contributed by atoms with van der Waals surface area (Å²) in [6.45, 7) is 9.60. The molecule has 0 radical (unpaired) electrons. The Morgan fingerprint density at radius 1 is 1.08 bits per heavy atom. The summed E-state index contributed by atoms with van der Waals surface area (Å²) in [7, 11) is 1.77. The van der Waals surface area contributed by atoms with Gasteiger partial charge in [0.2, 0.25) is 0 Å². The van der Waals surface area contributed by atoms with Crippen LogP contribution in [0.3, 0.4) is 0 Å². The lowest BCUT2D eigenvalue weighted by atomic mass is 9.80. The molecule has 0 aromatic carbocycles. The van der Waals surface area contributed by atoms with Gasteiger partial charge < -0.3 is 20.1 Å². The molecule has 0 aromatic heterocycles. The molecule has 0 bridgehead atoms. The van der Waals surface area contributed by atoms with Crippen molar-refractivity contribution in [2.75, 3.05) is 59.7 Å².